The van der Waals surface area contributed by atoms with Gasteiger partial charge < -0.3 is 5.32 Å². The number of benzene rings is 2. The van der Waals surface area contributed by atoms with Crippen molar-refractivity contribution in [2.24, 2.45) is 0 Å². The van der Waals surface area contributed by atoms with Crippen molar-refractivity contribution in [3.63, 3.8) is 0 Å². The van der Waals surface area contributed by atoms with Crippen LogP contribution in [0, 0.1) is 0 Å². The molecule has 114 valence electrons. The molecular formula is C15H19ClN2O2S. The van der Waals surface area contributed by atoms with Crippen molar-refractivity contribution in [3.8, 4) is 0 Å². The van der Waals surface area contributed by atoms with E-state index in [4.69, 9.17) is 0 Å². The molecule has 2 aromatic rings. The maximum Gasteiger partial charge on any atom is 0.240 e. The van der Waals surface area contributed by atoms with Gasteiger partial charge in [0.2, 0.25) is 10.0 Å². The van der Waals surface area contributed by atoms with Crippen molar-refractivity contribution in [2.45, 2.75) is 23.8 Å². The van der Waals surface area contributed by atoms with Crippen LogP contribution in [-0.2, 0) is 10.0 Å². The SMILES string of the molecule is Cl.O=S(=O)(N[C@H]1CCCNC1)c1ccc2ccccc2c1. The molecule has 0 spiro atoms. The van der Waals surface area contributed by atoms with Crippen LogP contribution in [0.25, 0.3) is 10.8 Å². The van der Waals surface area contributed by atoms with E-state index in [1.165, 1.54) is 0 Å². The van der Waals surface area contributed by atoms with Gasteiger partial charge in [-0.1, -0.05) is 30.3 Å². The summed E-state index contributed by atoms with van der Waals surface area (Å²) < 4.78 is 27.6. The highest BCUT2D eigenvalue weighted by molar-refractivity contribution is 7.89. The van der Waals surface area contributed by atoms with Gasteiger partial charge in [-0.25, -0.2) is 13.1 Å². The van der Waals surface area contributed by atoms with E-state index in [1.807, 2.05) is 30.3 Å². The predicted octanol–water partition coefficient (Wildman–Crippen LogP) is 2.29. The fourth-order valence-corrected chi connectivity index (χ4v) is 3.88. The van der Waals surface area contributed by atoms with Crippen LogP contribution in [-0.4, -0.2) is 27.5 Å². The first-order valence-corrected chi connectivity index (χ1v) is 8.35. The average molecular weight is 327 g/mol. The zero-order valence-electron chi connectivity index (χ0n) is 11.6. The lowest BCUT2D eigenvalue weighted by atomic mass is 10.1. The molecular weight excluding hydrogens is 308 g/mol. The van der Waals surface area contributed by atoms with Gasteiger partial charge in [0.05, 0.1) is 4.90 Å². The molecule has 2 aromatic carbocycles. The molecule has 3 rings (SSSR count). The first kappa shape index (κ1) is 16.2. The van der Waals surface area contributed by atoms with E-state index in [1.54, 1.807) is 12.1 Å². The standard InChI is InChI=1S/C15H18N2O2S.ClH/c18-20(19,17-14-6-3-9-16-11-14)15-8-7-12-4-1-2-5-13(12)10-15;/h1-2,4-5,7-8,10,14,16-17H,3,6,9,11H2;1H/t14-;/m0./s1. The zero-order chi connectivity index (χ0) is 14.0. The molecule has 0 radical (unpaired) electrons. The Hall–Kier alpha value is -1.14. The van der Waals surface area contributed by atoms with E-state index < -0.39 is 10.0 Å². The van der Waals surface area contributed by atoms with E-state index in [0.29, 0.717) is 11.4 Å². The van der Waals surface area contributed by atoms with E-state index in [-0.39, 0.29) is 18.4 Å². The third kappa shape index (κ3) is 3.74. The summed E-state index contributed by atoms with van der Waals surface area (Å²) in [6.45, 7) is 1.67. The number of sulfonamides is 1. The lowest BCUT2D eigenvalue weighted by Gasteiger charge is -2.23. The van der Waals surface area contributed by atoms with E-state index in [9.17, 15) is 8.42 Å². The van der Waals surface area contributed by atoms with Crippen LogP contribution in [0.1, 0.15) is 12.8 Å². The van der Waals surface area contributed by atoms with Gasteiger partial charge in [0.15, 0.2) is 0 Å². The smallest absolute Gasteiger partial charge is 0.240 e. The van der Waals surface area contributed by atoms with Crippen molar-refractivity contribution in [2.75, 3.05) is 13.1 Å². The van der Waals surface area contributed by atoms with Crippen LogP contribution in [0.3, 0.4) is 0 Å². The molecule has 0 amide bonds. The largest absolute Gasteiger partial charge is 0.315 e. The summed E-state index contributed by atoms with van der Waals surface area (Å²) in [6, 6.07) is 13.0. The molecule has 2 N–H and O–H groups in total. The first-order chi connectivity index (χ1) is 9.65. The molecule has 4 nitrogen and oxygen atoms in total. The highest BCUT2D eigenvalue weighted by atomic mass is 35.5. The highest BCUT2D eigenvalue weighted by Gasteiger charge is 2.21. The van der Waals surface area contributed by atoms with Crippen molar-refractivity contribution in [1.29, 1.82) is 0 Å². The van der Waals surface area contributed by atoms with E-state index in [0.717, 1.165) is 30.2 Å². The van der Waals surface area contributed by atoms with Crippen LogP contribution in [0.4, 0.5) is 0 Å². The van der Waals surface area contributed by atoms with Gasteiger partial charge in [-0.2, -0.15) is 0 Å². The molecule has 1 atom stereocenters. The monoisotopic (exact) mass is 326 g/mol. The molecule has 0 unspecified atom stereocenters. The van der Waals surface area contributed by atoms with Crippen LogP contribution in [0.15, 0.2) is 47.4 Å². The van der Waals surface area contributed by atoms with Crippen LogP contribution >= 0.6 is 12.4 Å². The Morgan fingerprint density at radius 1 is 1.10 bits per heavy atom. The minimum atomic E-state index is -3.44. The minimum absolute atomic E-state index is 0. The van der Waals surface area contributed by atoms with Crippen LogP contribution in [0.5, 0.6) is 0 Å². The number of nitrogens with one attached hydrogen (secondary N) is 2. The average Bonchev–Trinajstić information content (AvgIpc) is 2.47. The second-order valence-corrected chi connectivity index (χ2v) is 6.89. The first-order valence-electron chi connectivity index (χ1n) is 6.87. The van der Waals surface area contributed by atoms with E-state index in [2.05, 4.69) is 10.0 Å². The highest BCUT2D eigenvalue weighted by Crippen LogP contribution is 2.19. The second kappa shape index (κ2) is 6.75. The lowest BCUT2D eigenvalue weighted by molar-refractivity contribution is 0.428. The topological polar surface area (TPSA) is 58.2 Å². The molecule has 1 heterocycles. The third-order valence-corrected chi connectivity index (χ3v) is 5.17. The number of halogens is 1. The van der Waals surface area contributed by atoms with Crippen LogP contribution in [0.2, 0.25) is 0 Å². The summed E-state index contributed by atoms with van der Waals surface area (Å²) in [6.07, 6.45) is 1.89. The Labute approximate surface area is 131 Å². The Balaban J connectivity index is 0.00000161. The number of fused-ring (bicyclic) bond motifs is 1. The molecule has 21 heavy (non-hydrogen) atoms. The summed E-state index contributed by atoms with van der Waals surface area (Å²) in [5.41, 5.74) is 0. The predicted molar refractivity (Wildman–Crippen MR) is 87.4 cm³/mol. The quantitative estimate of drug-likeness (QED) is 0.910. The Bertz CT molecular complexity index is 712. The van der Waals surface area contributed by atoms with Gasteiger partial charge in [0.25, 0.3) is 0 Å². The second-order valence-electron chi connectivity index (χ2n) is 5.17. The van der Waals surface area contributed by atoms with Gasteiger partial charge in [0.1, 0.15) is 0 Å². The Morgan fingerprint density at radius 3 is 2.57 bits per heavy atom. The molecule has 1 fully saturated rings. The number of rotatable bonds is 3. The molecule has 6 heteroatoms. The minimum Gasteiger partial charge on any atom is -0.315 e. The maximum atomic E-state index is 12.4. The summed E-state index contributed by atoms with van der Waals surface area (Å²) >= 11 is 0. The lowest BCUT2D eigenvalue weighted by Crippen LogP contribution is -2.45. The summed E-state index contributed by atoms with van der Waals surface area (Å²) in [5, 5.41) is 5.20. The van der Waals surface area contributed by atoms with Crippen molar-refractivity contribution in [3.05, 3.63) is 42.5 Å². The van der Waals surface area contributed by atoms with Crippen molar-refractivity contribution in [1.82, 2.24) is 10.0 Å². The molecule has 1 aliphatic heterocycles. The molecule has 0 aliphatic carbocycles. The van der Waals surface area contributed by atoms with Crippen molar-refractivity contribution < 1.29 is 8.42 Å². The fraction of sp³-hybridized carbons (Fsp3) is 0.333. The van der Waals surface area contributed by atoms with E-state index >= 15 is 0 Å². The maximum absolute atomic E-state index is 12.4. The fourth-order valence-electron chi connectivity index (χ4n) is 2.57. The summed E-state index contributed by atoms with van der Waals surface area (Å²) in [5.74, 6) is 0. The summed E-state index contributed by atoms with van der Waals surface area (Å²) in [7, 11) is -3.44. The summed E-state index contributed by atoms with van der Waals surface area (Å²) in [4.78, 5) is 0.335. The molecule has 0 saturated carbocycles. The van der Waals surface area contributed by atoms with Crippen LogP contribution < -0.4 is 10.0 Å². The number of hydrogen-bond acceptors (Lipinski definition) is 3. The molecule has 1 aliphatic rings. The number of hydrogen-bond donors (Lipinski definition) is 2. The Kier molecular flexibility index (Phi) is 5.22. The molecule has 1 saturated heterocycles. The molecule has 0 bridgehead atoms. The third-order valence-electron chi connectivity index (χ3n) is 3.65. The zero-order valence-corrected chi connectivity index (χ0v) is 13.2. The molecule has 0 aromatic heterocycles. The number of piperidine rings is 1. The van der Waals surface area contributed by atoms with Gasteiger partial charge in [-0.15, -0.1) is 12.4 Å². The van der Waals surface area contributed by atoms with Gasteiger partial charge >= 0.3 is 0 Å². The van der Waals surface area contributed by atoms with Gasteiger partial charge in [-0.3, -0.25) is 0 Å². The van der Waals surface area contributed by atoms with Gasteiger partial charge in [0, 0.05) is 12.6 Å². The van der Waals surface area contributed by atoms with Gasteiger partial charge in [-0.05, 0) is 42.3 Å². The van der Waals surface area contributed by atoms with Crippen molar-refractivity contribution >= 4 is 33.2 Å². The Morgan fingerprint density at radius 2 is 1.86 bits per heavy atom. The normalized spacial score (nSPS) is 19.1.